The van der Waals surface area contributed by atoms with Gasteiger partial charge in [-0.25, -0.2) is 0 Å². The van der Waals surface area contributed by atoms with Crippen LogP contribution in [0.3, 0.4) is 0 Å². The third-order valence-electron chi connectivity index (χ3n) is 3.37. The van der Waals surface area contributed by atoms with Gasteiger partial charge in [0, 0.05) is 13.1 Å². The van der Waals surface area contributed by atoms with E-state index in [9.17, 15) is 0 Å². The molecule has 1 saturated carbocycles. The van der Waals surface area contributed by atoms with Gasteiger partial charge in [0.15, 0.2) is 0 Å². The molecule has 0 aromatic heterocycles. The van der Waals surface area contributed by atoms with Gasteiger partial charge < -0.3 is 10.6 Å². The Morgan fingerprint density at radius 3 is 2.60 bits per heavy atom. The number of likely N-dealkylation sites (N-methyl/N-ethyl adjacent to an activating group) is 1. The van der Waals surface area contributed by atoms with Crippen LogP contribution in [0.15, 0.2) is 0 Å². The van der Waals surface area contributed by atoms with Crippen molar-refractivity contribution in [2.45, 2.75) is 38.6 Å². The third-order valence-corrected chi connectivity index (χ3v) is 3.37. The monoisotopic (exact) mass is 209 g/mol. The molecule has 0 bridgehead atoms. The molecule has 3 heteroatoms. The second-order valence-electron chi connectivity index (χ2n) is 5.14. The van der Waals surface area contributed by atoms with Gasteiger partial charge >= 0.3 is 0 Å². The Kier molecular flexibility index (Phi) is 4.12. The summed E-state index contributed by atoms with van der Waals surface area (Å²) >= 11 is 0. The number of rotatable bonds is 6. The van der Waals surface area contributed by atoms with E-state index in [4.69, 9.17) is 11.0 Å². The minimum absolute atomic E-state index is 0.432. The van der Waals surface area contributed by atoms with Crippen LogP contribution in [0.25, 0.3) is 0 Å². The van der Waals surface area contributed by atoms with E-state index in [1.165, 1.54) is 6.42 Å². The van der Waals surface area contributed by atoms with E-state index in [1.54, 1.807) is 0 Å². The summed E-state index contributed by atoms with van der Waals surface area (Å²) in [4.78, 5) is 2.20. The van der Waals surface area contributed by atoms with Crippen molar-refractivity contribution in [3.8, 4) is 6.07 Å². The summed E-state index contributed by atoms with van der Waals surface area (Å²) in [6, 6.07) is 2.30. The average molecular weight is 209 g/mol. The summed E-state index contributed by atoms with van der Waals surface area (Å²) in [5, 5.41) is 9.13. The fraction of sp³-hybridized carbons (Fsp3) is 0.917. The maximum Gasteiger partial charge on any atom is 0.119 e. The molecule has 1 rings (SSSR count). The molecule has 0 heterocycles. The van der Waals surface area contributed by atoms with Crippen molar-refractivity contribution >= 4 is 0 Å². The van der Waals surface area contributed by atoms with E-state index in [2.05, 4.69) is 31.9 Å². The predicted molar refractivity (Wildman–Crippen MR) is 62.2 cm³/mol. The Hall–Kier alpha value is -0.590. The van der Waals surface area contributed by atoms with E-state index < -0.39 is 5.54 Å². The van der Waals surface area contributed by atoms with Crippen molar-refractivity contribution in [1.82, 2.24) is 4.90 Å². The molecule has 1 aliphatic carbocycles. The lowest BCUT2D eigenvalue weighted by molar-refractivity contribution is 0.232. The Morgan fingerprint density at radius 1 is 1.60 bits per heavy atom. The van der Waals surface area contributed by atoms with Gasteiger partial charge in [0.05, 0.1) is 6.07 Å². The lowest BCUT2D eigenvalue weighted by atomic mass is 9.95. The molecule has 0 saturated heterocycles. The van der Waals surface area contributed by atoms with Gasteiger partial charge in [0.25, 0.3) is 0 Å². The molecule has 0 aromatic carbocycles. The third kappa shape index (κ3) is 3.48. The van der Waals surface area contributed by atoms with Crippen LogP contribution in [0.1, 0.15) is 33.1 Å². The van der Waals surface area contributed by atoms with Crippen LogP contribution in [0.4, 0.5) is 0 Å². The first-order valence-corrected chi connectivity index (χ1v) is 5.90. The topological polar surface area (TPSA) is 53.0 Å². The lowest BCUT2D eigenvalue weighted by Gasteiger charge is -2.29. The zero-order valence-corrected chi connectivity index (χ0v) is 10.2. The molecule has 2 N–H and O–H groups in total. The SMILES string of the molecule is CCC(C)CN(C)CC(N)(C#N)C1CC1. The van der Waals surface area contributed by atoms with Crippen LogP contribution >= 0.6 is 0 Å². The van der Waals surface area contributed by atoms with E-state index in [-0.39, 0.29) is 0 Å². The number of hydrogen-bond acceptors (Lipinski definition) is 3. The van der Waals surface area contributed by atoms with Crippen molar-refractivity contribution in [3.63, 3.8) is 0 Å². The first kappa shape index (κ1) is 12.5. The smallest absolute Gasteiger partial charge is 0.119 e. The average Bonchev–Trinajstić information content (AvgIpc) is 3.00. The van der Waals surface area contributed by atoms with Gasteiger partial charge in [-0.05, 0) is 31.7 Å². The van der Waals surface area contributed by atoms with Gasteiger partial charge in [0.2, 0.25) is 0 Å². The maximum absolute atomic E-state index is 9.13. The molecule has 15 heavy (non-hydrogen) atoms. The van der Waals surface area contributed by atoms with Crippen LogP contribution < -0.4 is 5.73 Å². The zero-order valence-electron chi connectivity index (χ0n) is 10.2. The van der Waals surface area contributed by atoms with Crippen LogP contribution in [0.5, 0.6) is 0 Å². The molecule has 86 valence electrons. The molecular weight excluding hydrogens is 186 g/mol. The molecule has 0 spiro atoms. The highest BCUT2D eigenvalue weighted by atomic mass is 15.1. The molecule has 0 aromatic rings. The van der Waals surface area contributed by atoms with Crippen molar-refractivity contribution in [2.75, 3.05) is 20.1 Å². The molecule has 3 nitrogen and oxygen atoms in total. The highest BCUT2D eigenvalue weighted by molar-refractivity contribution is 5.14. The van der Waals surface area contributed by atoms with Crippen molar-refractivity contribution in [2.24, 2.45) is 17.6 Å². The molecule has 1 fully saturated rings. The minimum atomic E-state index is -0.609. The summed E-state index contributed by atoms with van der Waals surface area (Å²) in [7, 11) is 2.06. The van der Waals surface area contributed by atoms with E-state index in [0.29, 0.717) is 18.4 Å². The Bertz CT molecular complexity index is 242. The van der Waals surface area contributed by atoms with Crippen LogP contribution in [0, 0.1) is 23.2 Å². The fourth-order valence-corrected chi connectivity index (χ4v) is 2.03. The van der Waals surface area contributed by atoms with Crippen LogP contribution in [-0.4, -0.2) is 30.6 Å². The van der Waals surface area contributed by atoms with Crippen LogP contribution in [0.2, 0.25) is 0 Å². The van der Waals surface area contributed by atoms with Gasteiger partial charge in [-0.15, -0.1) is 0 Å². The van der Waals surface area contributed by atoms with Crippen LogP contribution in [-0.2, 0) is 0 Å². The first-order chi connectivity index (χ1) is 7.01. The Morgan fingerprint density at radius 2 is 2.20 bits per heavy atom. The number of nitrogens with zero attached hydrogens (tertiary/aromatic N) is 2. The van der Waals surface area contributed by atoms with Gasteiger partial charge in [0.1, 0.15) is 5.54 Å². The predicted octanol–water partition coefficient (Wildman–Crippen LogP) is 1.60. The quantitative estimate of drug-likeness (QED) is 0.723. The van der Waals surface area contributed by atoms with E-state index >= 15 is 0 Å². The second-order valence-corrected chi connectivity index (χ2v) is 5.14. The van der Waals surface area contributed by atoms with Gasteiger partial charge in [-0.1, -0.05) is 20.3 Å². The molecule has 1 aliphatic rings. The molecule has 0 amide bonds. The summed E-state index contributed by atoms with van der Waals surface area (Å²) in [5.74, 6) is 1.11. The normalized spacial score (nSPS) is 22.1. The van der Waals surface area contributed by atoms with Crippen molar-refractivity contribution in [1.29, 1.82) is 5.26 Å². The number of hydrogen-bond donors (Lipinski definition) is 1. The zero-order chi connectivity index (χ0) is 11.5. The van der Waals surface area contributed by atoms with Crippen molar-refractivity contribution < 1.29 is 0 Å². The molecular formula is C12H23N3. The molecule has 0 radical (unpaired) electrons. The molecule has 0 aliphatic heterocycles. The summed E-state index contributed by atoms with van der Waals surface area (Å²) in [6.45, 7) is 6.17. The van der Waals surface area contributed by atoms with E-state index in [1.807, 2.05) is 0 Å². The fourth-order valence-electron chi connectivity index (χ4n) is 2.03. The maximum atomic E-state index is 9.13. The Balaban J connectivity index is 2.41. The summed E-state index contributed by atoms with van der Waals surface area (Å²) in [5.41, 5.74) is 5.51. The number of nitriles is 1. The summed E-state index contributed by atoms with van der Waals surface area (Å²) in [6.07, 6.45) is 3.43. The highest BCUT2D eigenvalue weighted by Gasteiger charge is 2.43. The highest BCUT2D eigenvalue weighted by Crippen LogP contribution is 2.38. The van der Waals surface area contributed by atoms with Gasteiger partial charge in [-0.3, -0.25) is 0 Å². The van der Waals surface area contributed by atoms with Gasteiger partial charge in [-0.2, -0.15) is 5.26 Å². The number of nitrogens with two attached hydrogens (primary N) is 1. The molecule has 2 atom stereocenters. The standard InChI is InChI=1S/C12H23N3/c1-4-10(2)7-15(3)9-12(14,8-13)11-5-6-11/h10-11H,4-7,9,14H2,1-3H3. The first-order valence-electron chi connectivity index (χ1n) is 5.90. The van der Waals surface area contributed by atoms with E-state index in [0.717, 1.165) is 19.4 Å². The largest absolute Gasteiger partial charge is 0.312 e. The van der Waals surface area contributed by atoms with Crippen molar-refractivity contribution in [3.05, 3.63) is 0 Å². The Labute approximate surface area is 93.2 Å². The molecule has 2 unspecified atom stereocenters. The second kappa shape index (κ2) is 4.96. The minimum Gasteiger partial charge on any atom is -0.312 e. The lowest BCUT2D eigenvalue weighted by Crippen LogP contribution is -2.50. The summed E-state index contributed by atoms with van der Waals surface area (Å²) < 4.78 is 0.